The smallest absolute Gasteiger partial charge is 0.259 e. The first-order valence-electron chi connectivity index (χ1n) is 4.88. The molecule has 0 aromatic heterocycles. The Morgan fingerprint density at radius 2 is 2.25 bits per heavy atom. The van der Waals surface area contributed by atoms with Gasteiger partial charge in [0.25, 0.3) is 5.91 Å². The third kappa shape index (κ3) is 3.52. The fourth-order valence-corrected chi connectivity index (χ4v) is 1.32. The van der Waals surface area contributed by atoms with Crippen molar-refractivity contribution in [2.75, 3.05) is 13.7 Å². The van der Waals surface area contributed by atoms with Crippen LogP contribution in [0.4, 0.5) is 0 Å². The summed E-state index contributed by atoms with van der Waals surface area (Å²) in [6.45, 7) is 2.24. The summed E-state index contributed by atoms with van der Waals surface area (Å²) in [4.78, 5) is 10.8. The molecule has 88 valence electrons. The molecule has 0 saturated carbocycles. The van der Waals surface area contributed by atoms with Gasteiger partial charge in [-0.2, -0.15) is 0 Å². The second-order valence-electron chi connectivity index (χ2n) is 3.38. The Kier molecular flexibility index (Phi) is 4.75. The van der Waals surface area contributed by atoms with Crippen molar-refractivity contribution in [2.24, 2.45) is 5.84 Å². The Labute approximate surface area is 94.5 Å². The Morgan fingerprint density at radius 1 is 1.50 bits per heavy atom. The number of methoxy groups -OCH3 is 1. The van der Waals surface area contributed by atoms with Gasteiger partial charge >= 0.3 is 0 Å². The summed E-state index contributed by atoms with van der Waals surface area (Å²) in [5.74, 6) is 5.32. The molecule has 0 fully saturated rings. The van der Waals surface area contributed by atoms with Crippen molar-refractivity contribution >= 4 is 5.91 Å². The van der Waals surface area contributed by atoms with Crippen LogP contribution in [0.2, 0.25) is 0 Å². The van der Waals surface area contributed by atoms with Crippen molar-refractivity contribution in [3.8, 4) is 5.75 Å². The lowest BCUT2D eigenvalue weighted by atomic mass is 10.1. The molecule has 0 unspecified atom stereocenters. The lowest BCUT2D eigenvalue weighted by Gasteiger charge is -2.09. The van der Waals surface area contributed by atoms with Gasteiger partial charge in [0, 0.05) is 5.56 Å². The largest absolute Gasteiger partial charge is 0.496 e. The van der Waals surface area contributed by atoms with Crippen LogP contribution in [0, 0.1) is 6.92 Å². The highest BCUT2D eigenvalue weighted by Gasteiger charge is 2.04. The molecule has 0 saturated heterocycles. The average molecular weight is 224 g/mol. The molecule has 5 heteroatoms. The van der Waals surface area contributed by atoms with Gasteiger partial charge in [0.05, 0.1) is 13.7 Å². The summed E-state index contributed by atoms with van der Waals surface area (Å²) in [5, 5.41) is 0. The fourth-order valence-electron chi connectivity index (χ4n) is 1.32. The molecule has 0 spiro atoms. The molecule has 3 N–H and O–H groups in total. The van der Waals surface area contributed by atoms with Gasteiger partial charge in [-0.1, -0.05) is 17.7 Å². The first-order valence-corrected chi connectivity index (χ1v) is 4.88. The maximum absolute atomic E-state index is 10.8. The quantitative estimate of drug-likeness (QED) is 0.434. The van der Waals surface area contributed by atoms with Gasteiger partial charge in [0.2, 0.25) is 0 Å². The van der Waals surface area contributed by atoms with Crippen LogP contribution in [-0.2, 0) is 16.1 Å². The normalized spacial score (nSPS) is 9.94. The number of carbonyl (C=O) groups is 1. The van der Waals surface area contributed by atoms with Gasteiger partial charge < -0.3 is 9.47 Å². The van der Waals surface area contributed by atoms with E-state index in [0.717, 1.165) is 16.9 Å². The number of aryl methyl sites for hydroxylation is 1. The molecular formula is C11H16N2O3. The summed E-state index contributed by atoms with van der Waals surface area (Å²) in [7, 11) is 1.60. The number of ether oxygens (including phenoxy) is 2. The van der Waals surface area contributed by atoms with E-state index in [1.54, 1.807) is 7.11 Å². The third-order valence-electron chi connectivity index (χ3n) is 2.09. The molecule has 1 aromatic rings. The van der Waals surface area contributed by atoms with Crippen LogP contribution in [0.5, 0.6) is 5.75 Å². The van der Waals surface area contributed by atoms with Crippen LogP contribution < -0.4 is 16.0 Å². The number of hydrazine groups is 1. The monoisotopic (exact) mass is 224 g/mol. The average Bonchev–Trinajstić information content (AvgIpc) is 2.29. The van der Waals surface area contributed by atoms with Crippen molar-refractivity contribution in [2.45, 2.75) is 13.5 Å². The van der Waals surface area contributed by atoms with Crippen molar-refractivity contribution < 1.29 is 14.3 Å². The summed E-state index contributed by atoms with van der Waals surface area (Å²) in [6, 6.07) is 5.78. The molecule has 0 aliphatic rings. The molecule has 1 aromatic carbocycles. The minimum absolute atomic E-state index is 0.0619. The van der Waals surface area contributed by atoms with Crippen molar-refractivity contribution in [1.82, 2.24) is 5.43 Å². The van der Waals surface area contributed by atoms with E-state index in [0.29, 0.717) is 6.61 Å². The number of hydrogen-bond donors (Lipinski definition) is 2. The summed E-state index contributed by atoms with van der Waals surface area (Å²) >= 11 is 0. The highest BCUT2D eigenvalue weighted by Crippen LogP contribution is 2.20. The van der Waals surface area contributed by atoms with Crippen LogP contribution in [0.3, 0.4) is 0 Å². The highest BCUT2D eigenvalue weighted by atomic mass is 16.5. The van der Waals surface area contributed by atoms with E-state index in [1.807, 2.05) is 30.5 Å². The van der Waals surface area contributed by atoms with Crippen LogP contribution in [-0.4, -0.2) is 19.6 Å². The summed E-state index contributed by atoms with van der Waals surface area (Å²) in [5.41, 5.74) is 4.02. The Balaban J connectivity index is 2.58. The minimum atomic E-state index is -0.355. The zero-order valence-corrected chi connectivity index (χ0v) is 9.45. The molecule has 0 aliphatic carbocycles. The predicted molar refractivity (Wildman–Crippen MR) is 59.7 cm³/mol. The number of benzene rings is 1. The maximum Gasteiger partial charge on any atom is 0.259 e. The van der Waals surface area contributed by atoms with E-state index in [1.165, 1.54) is 0 Å². The highest BCUT2D eigenvalue weighted by molar-refractivity contribution is 5.76. The standard InChI is InChI=1S/C11H16N2O3/c1-8-3-4-10(15-2)9(5-8)6-16-7-11(14)13-12/h3-5H,6-7,12H2,1-2H3,(H,13,14). The number of rotatable bonds is 5. The lowest BCUT2D eigenvalue weighted by Crippen LogP contribution is -2.33. The number of carbonyl (C=O) groups excluding carboxylic acids is 1. The molecule has 5 nitrogen and oxygen atoms in total. The molecule has 0 aliphatic heterocycles. The fraction of sp³-hybridized carbons (Fsp3) is 0.364. The van der Waals surface area contributed by atoms with Gasteiger partial charge in [0.1, 0.15) is 12.4 Å². The van der Waals surface area contributed by atoms with Crippen LogP contribution in [0.25, 0.3) is 0 Å². The Bertz CT molecular complexity index is 366. The van der Waals surface area contributed by atoms with E-state index >= 15 is 0 Å². The topological polar surface area (TPSA) is 73.6 Å². The van der Waals surface area contributed by atoms with E-state index in [2.05, 4.69) is 0 Å². The second kappa shape index (κ2) is 6.09. The van der Waals surface area contributed by atoms with Gasteiger partial charge in [-0.05, 0) is 13.0 Å². The molecule has 0 atom stereocenters. The van der Waals surface area contributed by atoms with Gasteiger partial charge in [-0.25, -0.2) is 5.84 Å². The minimum Gasteiger partial charge on any atom is -0.496 e. The van der Waals surface area contributed by atoms with Crippen LogP contribution in [0.1, 0.15) is 11.1 Å². The van der Waals surface area contributed by atoms with Gasteiger partial charge in [0.15, 0.2) is 0 Å². The molecule has 16 heavy (non-hydrogen) atoms. The van der Waals surface area contributed by atoms with E-state index in [4.69, 9.17) is 15.3 Å². The van der Waals surface area contributed by atoms with Crippen molar-refractivity contribution in [1.29, 1.82) is 0 Å². The van der Waals surface area contributed by atoms with Gasteiger partial charge in [-0.3, -0.25) is 10.2 Å². The van der Waals surface area contributed by atoms with Crippen LogP contribution >= 0.6 is 0 Å². The maximum atomic E-state index is 10.8. The first-order chi connectivity index (χ1) is 7.67. The predicted octanol–water partition coefficient (Wildman–Crippen LogP) is 0.510. The first kappa shape index (κ1) is 12.5. The Morgan fingerprint density at radius 3 is 2.88 bits per heavy atom. The third-order valence-corrected chi connectivity index (χ3v) is 2.09. The van der Waals surface area contributed by atoms with Crippen molar-refractivity contribution in [3.05, 3.63) is 29.3 Å². The number of amides is 1. The zero-order chi connectivity index (χ0) is 12.0. The molecule has 0 radical (unpaired) electrons. The zero-order valence-electron chi connectivity index (χ0n) is 9.45. The van der Waals surface area contributed by atoms with E-state index in [9.17, 15) is 4.79 Å². The second-order valence-corrected chi connectivity index (χ2v) is 3.38. The van der Waals surface area contributed by atoms with Crippen molar-refractivity contribution in [3.63, 3.8) is 0 Å². The molecule has 1 amide bonds. The lowest BCUT2D eigenvalue weighted by molar-refractivity contribution is -0.126. The molecular weight excluding hydrogens is 208 g/mol. The number of nitrogens with one attached hydrogen (secondary N) is 1. The summed E-state index contributed by atoms with van der Waals surface area (Å²) < 4.78 is 10.4. The molecule has 1 rings (SSSR count). The summed E-state index contributed by atoms with van der Waals surface area (Å²) in [6.07, 6.45) is 0. The van der Waals surface area contributed by atoms with E-state index < -0.39 is 0 Å². The van der Waals surface area contributed by atoms with Crippen LogP contribution in [0.15, 0.2) is 18.2 Å². The van der Waals surface area contributed by atoms with Gasteiger partial charge in [-0.15, -0.1) is 0 Å². The van der Waals surface area contributed by atoms with E-state index in [-0.39, 0.29) is 12.5 Å². The SMILES string of the molecule is COc1ccc(C)cc1COCC(=O)NN. The molecule has 0 bridgehead atoms. The number of nitrogens with two attached hydrogens (primary N) is 1. The molecule has 0 heterocycles. The number of hydrogen-bond acceptors (Lipinski definition) is 4. The Hall–Kier alpha value is -1.59.